The summed E-state index contributed by atoms with van der Waals surface area (Å²) in [6, 6.07) is 16.1. The third-order valence-electron chi connectivity index (χ3n) is 6.13. The highest BCUT2D eigenvalue weighted by Gasteiger charge is 2.28. The summed E-state index contributed by atoms with van der Waals surface area (Å²) >= 11 is 0. The Kier molecular flexibility index (Phi) is 5.63. The van der Waals surface area contributed by atoms with E-state index in [-0.39, 0.29) is 11.6 Å². The normalized spacial score (nSPS) is 16.1. The summed E-state index contributed by atoms with van der Waals surface area (Å²) in [5, 5.41) is 10.1. The van der Waals surface area contributed by atoms with Crippen molar-refractivity contribution in [1.82, 2.24) is 19.1 Å². The molecule has 0 radical (unpaired) electrons. The molecule has 1 aliphatic rings. The summed E-state index contributed by atoms with van der Waals surface area (Å²) in [6.45, 7) is 2.26. The molecule has 4 heterocycles. The van der Waals surface area contributed by atoms with Gasteiger partial charge in [-0.2, -0.15) is 5.26 Å². The Bertz CT molecular complexity index is 1370. The molecule has 1 atom stereocenters. The molecule has 4 aromatic rings. The Morgan fingerprint density at radius 1 is 1.12 bits per heavy atom. The maximum absolute atomic E-state index is 13.7. The fourth-order valence-corrected chi connectivity index (χ4v) is 4.61. The van der Waals surface area contributed by atoms with Crippen molar-refractivity contribution < 1.29 is 0 Å². The maximum atomic E-state index is 13.7. The number of piperidine rings is 1. The number of nitriles is 1. The van der Waals surface area contributed by atoms with E-state index in [0.717, 1.165) is 36.3 Å². The van der Waals surface area contributed by atoms with Gasteiger partial charge >= 0.3 is 0 Å². The number of nitrogens with two attached hydrogens (primary N) is 1. The van der Waals surface area contributed by atoms with E-state index < -0.39 is 0 Å². The van der Waals surface area contributed by atoms with Crippen LogP contribution in [0, 0.1) is 11.3 Å². The van der Waals surface area contributed by atoms with E-state index in [0.29, 0.717) is 36.2 Å². The standard InChI is InChI=1S/C25H25N7O/c26-12-21-22-23(25(33)31(17-29-22)14-19-8-4-10-28-13-19)32(15-18-6-2-1-3-7-18)24(21)30-11-5-9-20(27)16-30/h1-4,6-8,10,13,17,20H,5,9,11,14-16,27H2. The van der Waals surface area contributed by atoms with Gasteiger partial charge in [-0.15, -0.1) is 0 Å². The molecule has 166 valence electrons. The number of benzene rings is 1. The predicted molar refractivity (Wildman–Crippen MR) is 127 cm³/mol. The average molecular weight is 440 g/mol. The molecule has 8 heteroatoms. The molecule has 1 aromatic carbocycles. The Balaban J connectivity index is 1.72. The van der Waals surface area contributed by atoms with Crippen molar-refractivity contribution in [3.63, 3.8) is 0 Å². The zero-order chi connectivity index (χ0) is 22.8. The fraction of sp³-hybridized carbons (Fsp3) is 0.280. The lowest BCUT2D eigenvalue weighted by Gasteiger charge is -2.33. The van der Waals surface area contributed by atoms with Gasteiger partial charge in [0.15, 0.2) is 0 Å². The second-order valence-electron chi connectivity index (χ2n) is 8.47. The highest BCUT2D eigenvalue weighted by molar-refractivity contribution is 5.89. The molecule has 1 fully saturated rings. The van der Waals surface area contributed by atoms with Crippen LogP contribution in [0.2, 0.25) is 0 Å². The van der Waals surface area contributed by atoms with Gasteiger partial charge in [-0.3, -0.25) is 14.3 Å². The van der Waals surface area contributed by atoms with Gasteiger partial charge in [0, 0.05) is 38.1 Å². The summed E-state index contributed by atoms with van der Waals surface area (Å²) in [4.78, 5) is 24.6. The fourth-order valence-electron chi connectivity index (χ4n) is 4.61. The van der Waals surface area contributed by atoms with Crippen molar-refractivity contribution in [2.45, 2.75) is 32.0 Å². The molecule has 1 saturated heterocycles. The van der Waals surface area contributed by atoms with Crippen molar-refractivity contribution in [3.8, 4) is 6.07 Å². The van der Waals surface area contributed by atoms with E-state index in [4.69, 9.17) is 5.73 Å². The van der Waals surface area contributed by atoms with Crippen molar-refractivity contribution in [1.29, 1.82) is 5.26 Å². The minimum atomic E-state index is -0.177. The largest absolute Gasteiger partial charge is 0.355 e. The van der Waals surface area contributed by atoms with E-state index in [1.807, 2.05) is 47.0 Å². The van der Waals surface area contributed by atoms with E-state index in [2.05, 4.69) is 20.9 Å². The van der Waals surface area contributed by atoms with Crippen LogP contribution in [0.3, 0.4) is 0 Å². The highest BCUT2D eigenvalue weighted by Crippen LogP contribution is 2.32. The molecule has 1 aliphatic heterocycles. The summed E-state index contributed by atoms with van der Waals surface area (Å²) in [5.74, 6) is 0.732. The maximum Gasteiger partial charge on any atom is 0.278 e. The van der Waals surface area contributed by atoms with Crippen LogP contribution in [-0.2, 0) is 13.1 Å². The van der Waals surface area contributed by atoms with Crippen molar-refractivity contribution in [3.05, 3.63) is 88.2 Å². The SMILES string of the molecule is N#Cc1c(N2CCCC(N)C2)n(Cc2ccccc2)c2c(=O)n(Cc3cccnc3)cnc12. The van der Waals surface area contributed by atoms with Gasteiger partial charge in [-0.05, 0) is 30.0 Å². The monoisotopic (exact) mass is 439 g/mol. The molecule has 0 aliphatic carbocycles. The van der Waals surface area contributed by atoms with Crippen LogP contribution in [0.5, 0.6) is 0 Å². The second kappa shape index (κ2) is 8.88. The van der Waals surface area contributed by atoms with E-state index in [9.17, 15) is 10.1 Å². The summed E-state index contributed by atoms with van der Waals surface area (Å²) in [5.41, 5.74) is 9.36. The van der Waals surface area contributed by atoms with Gasteiger partial charge in [0.05, 0.1) is 12.9 Å². The molecular weight excluding hydrogens is 414 g/mol. The number of hydrogen-bond donors (Lipinski definition) is 1. The van der Waals surface area contributed by atoms with Gasteiger partial charge in [0.25, 0.3) is 5.56 Å². The molecule has 1 unspecified atom stereocenters. The molecule has 33 heavy (non-hydrogen) atoms. The lowest BCUT2D eigenvalue weighted by Crippen LogP contribution is -2.44. The van der Waals surface area contributed by atoms with E-state index >= 15 is 0 Å². The van der Waals surface area contributed by atoms with Crippen molar-refractivity contribution in [2.24, 2.45) is 5.73 Å². The van der Waals surface area contributed by atoms with Crippen LogP contribution in [0.25, 0.3) is 11.0 Å². The Morgan fingerprint density at radius 2 is 1.94 bits per heavy atom. The first-order valence-electron chi connectivity index (χ1n) is 11.1. The molecule has 0 spiro atoms. The van der Waals surface area contributed by atoms with Crippen LogP contribution in [0.15, 0.2) is 66.0 Å². The molecule has 5 rings (SSSR count). The summed E-state index contributed by atoms with van der Waals surface area (Å²) in [6.07, 6.45) is 6.86. The van der Waals surface area contributed by atoms with Crippen molar-refractivity contribution in [2.75, 3.05) is 18.0 Å². The number of fused-ring (bicyclic) bond motifs is 1. The first kappa shape index (κ1) is 20.9. The second-order valence-corrected chi connectivity index (χ2v) is 8.47. The molecule has 2 N–H and O–H groups in total. The molecular formula is C25H25N7O. The van der Waals surface area contributed by atoms with Gasteiger partial charge in [-0.25, -0.2) is 4.98 Å². The Labute approximate surface area is 191 Å². The lowest BCUT2D eigenvalue weighted by atomic mass is 10.1. The first-order valence-corrected chi connectivity index (χ1v) is 11.1. The summed E-state index contributed by atoms with van der Waals surface area (Å²) in [7, 11) is 0. The third kappa shape index (κ3) is 3.99. The average Bonchev–Trinajstić information content (AvgIpc) is 3.16. The minimum Gasteiger partial charge on any atom is -0.355 e. The molecule has 8 nitrogen and oxygen atoms in total. The predicted octanol–water partition coefficient (Wildman–Crippen LogP) is 2.49. The quantitative estimate of drug-likeness (QED) is 0.512. The van der Waals surface area contributed by atoms with Crippen molar-refractivity contribution >= 4 is 16.9 Å². The third-order valence-corrected chi connectivity index (χ3v) is 6.13. The van der Waals surface area contributed by atoms with Gasteiger partial charge in [0.2, 0.25) is 0 Å². The lowest BCUT2D eigenvalue weighted by molar-refractivity contribution is 0.498. The zero-order valence-corrected chi connectivity index (χ0v) is 18.3. The van der Waals surface area contributed by atoms with E-state index in [1.165, 1.54) is 6.33 Å². The highest BCUT2D eigenvalue weighted by atomic mass is 16.1. The number of aromatic nitrogens is 4. The first-order chi connectivity index (χ1) is 16.2. The van der Waals surface area contributed by atoms with Crippen LogP contribution < -0.4 is 16.2 Å². The smallest absolute Gasteiger partial charge is 0.278 e. The van der Waals surface area contributed by atoms with Gasteiger partial charge < -0.3 is 15.2 Å². The van der Waals surface area contributed by atoms with Crippen LogP contribution >= 0.6 is 0 Å². The van der Waals surface area contributed by atoms with Crippen LogP contribution in [0.1, 0.15) is 29.5 Å². The molecule has 0 bridgehead atoms. The molecule has 0 amide bonds. The Hall–Kier alpha value is -3.96. The molecule has 0 saturated carbocycles. The number of nitrogens with zero attached hydrogens (tertiary/aromatic N) is 6. The number of hydrogen-bond acceptors (Lipinski definition) is 6. The summed E-state index contributed by atoms with van der Waals surface area (Å²) < 4.78 is 3.53. The van der Waals surface area contributed by atoms with Gasteiger partial charge in [0.1, 0.15) is 28.5 Å². The Morgan fingerprint density at radius 3 is 2.67 bits per heavy atom. The van der Waals surface area contributed by atoms with Crippen LogP contribution in [-0.4, -0.2) is 38.2 Å². The number of pyridine rings is 1. The van der Waals surface area contributed by atoms with E-state index in [1.54, 1.807) is 17.0 Å². The van der Waals surface area contributed by atoms with Crippen LogP contribution in [0.4, 0.5) is 5.82 Å². The number of anilines is 1. The topological polar surface area (TPSA) is 106 Å². The molecule has 3 aromatic heterocycles. The number of rotatable bonds is 5. The minimum absolute atomic E-state index is 0.0312. The van der Waals surface area contributed by atoms with Gasteiger partial charge in [-0.1, -0.05) is 36.4 Å². The zero-order valence-electron chi connectivity index (χ0n) is 18.3.